The van der Waals surface area contributed by atoms with Crippen molar-refractivity contribution in [3.63, 3.8) is 0 Å². The van der Waals surface area contributed by atoms with E-state index >= 15 is 0 Å². The van der Waals surface area contributed by atoms with Crippen molar-refractivity contribution < 1.29 is 4.79 Å². The molecule has 4 heteroatoms. The van der Waals surface area contributed by atoms with Crippen molar-refractivity contribution in [3.05, 3.63) is 21.4 Å². The van der Waals surface area contributed by atoms with Crippen LogP contribution >= 0.6 is 11.3 Å². The van der Waals surface area contributed by atoms with Gasteiger partial charge in [-0.1, -0.05) is 20.3 Å². The molecule has 96 valence electrons. The summed E-state index contributed by atoms with van der Waals surface area (Å²) in [6.45, 7) is 8.81. The second-order valence-electron chi connectivity index (χ2n) is 4.58. The van der Waals surface area contributed by atoms with Gasteiger partial charge in [0.25, 0.3) is 0 Å². The van der Waals surface area contributed by atoms with Crippen molar-refractivity contribution >= 4 is 17.2 Å². The molecule has 0 spiro atoms. The van der Waals surface area contributed by atoms with Crippen LogP contribution in [0.5, 0.6) is 0 Å². The summed E-state index contributed by atoms with van der Waals surface area (Å²) in [5, 5.41) is 2.90. The maximum absolute atomic E-state index is 11.8. The van der Waals surface area contributed by atoms with E-state index in [4.69, 9.17) is 5.73 Å². The van der Waals surface area contributed by atoms with Gasteiger partial charge in [0.15, 0.2) is 0 Å². The van der Waals surface area contributed by atoms with Gasteiger partial charge in [0, 0.05) is 9.75 Å². The highest BCUT2D eigenvalue weighted by atomic mass is 32.1. The lowest BCUT2D eigenvalue weighted by molar-refractivity contribution is -0.123. The molecule has 1 aromatic rings. The van der Waals surface area contributed by atoms with Crippen LogP contribution in [-0.2, 0) is 11.3 Å². The number of nitrogens with one attached hydrogen (secondary N) is 1. The van der Waals surface area contributed by atoms with Gasteiger partial charge < -0.3 is 11.1 Å². The molecule has 0 aliphatic rings. The highest BCUT2D eigenvalue weighted by Crippen LogP contribution is 2.20. The van der Waals surface area contributed by atoms with Gasteiger partial charge in [-0.25, -0.2) is 0 Å². The quantitative estimate of drug-likeness (QED) is 0.847. The molecular formula is C13H22N2OS. The maximum Gasteiger partial charge on any atom is 0.237 e. The Bertz CT molecular complexity index is 367. The molecule has 0 aliphatic carbocycles. The van der Waals surface area contributed by atoms with Gasteiger partial charge in [0.2, 0.25) is 5.91 Å². The number of carbonyl (C=O) groups excluding carboxylic acids is 1. The lowest BCUT2D eigenvalue weighted by Crippen LogP contribution is -2.44. The number of aryl methyl sites for hydroxylation is 2. The molecule has 1 rings (SSSR count). The van der Waals surface area contributed by atoms with E-state index in [1.54, 1.807) is 11.3 Å². The minimum atomic E-state index is -0.401. The predicted molar refractivity (Wildman–Crippen MR) is 73.1 cm³/mol. The number of hydrogen-bond acceptors (Lipinski definition) is 3. The monoisotopic (exact) mass is 254 g/mol. The molecule has 3 nitrogen and oxygen atoms in total. The molecule has 0 fully saturated rings. The summed E-state index contributed by atoms with van der Waals surface area (Å²) < 4.78 is 0. The van der Waals surface area contributed by atoms with Gasteiger partial charge in [0.05, 0.1) is 12.6 Å². The fourth-order valence-corrected chi connectivity index (χ4v) is 2.53. The molecule has 0 unspecified atom stereocenters. The van der Waals surface area contributed by atoms with E-state index in [9.17, 15) is 4.79 Å². The number of amides is 1. The topological polar surface area (TPSA) is 55.1 Å². The lowest BCUT2D eigenvalue weighted by Gasteiger charge is -2.17. The van der Waals surface area contributed by atoms with Gasteiger partial charge in [0.1, 0.15) is 0 Å². The minimum absolute atomic E-state index is 0.0527. The van der Waals surface area contributed by atoms with E-state index in [1.807, 2.05) is 13.8 Å². The first kappa shape index (κ1) is 14.2. The summed E-state index contributed by atoms with van der Waals surface area (Å²) in [5.74, 6) is 0.171. The molecule has 17 heavy (non-hydrogen) atoms. The first-order valence-electron chi connectivity index (χ1n) is 6.04. The van der Waals surface area contributed by atoms with Gasteiger partial charge in [-0.2, -0.15) is 0 Å². The second kappa shape index (κ2) is 6.17. The first-order chi connectivity index (χ1) is 7.95. The van der Waals surface area contributed by atoms with Crippen molar-refractivity contribution in [2.24, 2.45) is 11.7 Å². The van der Waals surface area contributed by atoms with Crippen molar-refractivity contribution in [2.75, 3.05) is 0 Å². The van der Waals surface area contributed by atoms with Crippen molar-refractivity contribution in [2.45, 2.75) is 46.7 Å². The fraction of sp³-hybridized carbons (Fsp3) is 0.615. The molecule has 0 aromatic carbocycles. The van der Waals surface area contributed by atoms with Crippen LogP contribution in [-0.4, -0.2) is 11.9 Å². The molecule has 0 saturated heterocycles. The van der Waals surface area contributed by atoms with Crippen LogP contribution in [0.15, 0.2) is 6.07 Å². The number of carbonyl (C=O) groups is 1. The van der Waals surface area contributed by atoms with Crippen LogP contribution in [0.2, 0.25) is 0 Å². The van der Waals surface area contributed by atoms with E-state index in [-0.39, 0.29) is 11.8 Å². The molecule has 0 aliphatic heterocycles. The molecule has 0 saturated carbocycles. The highest BCUT2D eigenvalue weighted by molar-refractivity contribution is 7.12. The second-order valence-corrected chi connectivity index (χ2v) is 5.92. The molecule has 0 bridgehead atoms. The first-order valence-corrected chi connectivity index (χ1v) is 6.86. The minimum Gasteiger partial charge on any atom is -0.350 e. The standard InChI is InChI=1S/C13H22N2OS/c1-5-8(2)12(14)13(16)15-7-11-6-9(3)10(4)17-11/h6,8,12H,5,7,14H2,1-4H3,(H,15,16)/t8-,12-/m0/s1. The van der Waals surface area contributed by atoms with Crippen LogP contribution in [0, 0.1) is 19.8 Å². The number of hydrogen-bond donors (Lipinski definition) is 2. The molecule has 1 aromatic heterocycles. The van der Waals surface area contributed by atoms with Crippen molar-refractivity contribution in [3.8, 4) is 0 Å². The Labute approximate surface area is 107 Å². The fourth-order valence-electron chi connectivity index (χ4n) is 1.54. The van der Waals surface area contributed by atoms with Crippen LogP contribution in [0.3, 0.4) is 0 Å². The predicted octanol–water partition coefficient (Wildman–Crippen LogP) is 2.35. The average Bonchev–Trinajstić information content (AvgIpc) is 2.63. The van der Waals surface area contributed by atoms with Crippen LogP contribution in [0.4, 0.5) is 0 Å². The molecule has 0 radical (unpaired) electrons. The largest absolute Gasteiger partial charge is 0.350 e. The zero-order valence-electron chi connectivity index (χ0n) is 11.0. The number of rotatable bonds is 5. The zero-order chi connectivity index (χ0) is 13.0. The zero-order valence-corrected chi connectivity index (χ0v) is 11.9. The third-order valence-corrected chi connectivity index (χ3v) is 4.37. The third kappa shape index (κ3) is 3.82. The maximum atomic E-state index is 11.8. The summed E-state index contributed by atoms with van der Waals surface area (Å²) in [6, 6.07) is 1.72. The van der Waals surface area contributed by atoms with Crippen molar-refractivity contribution in [1.29, 1.82) is 0 Å². The molecule has 2 atom stereocenters. The summed E-state index contributed by atoms with van der Waals surface area (Å²) in [6.07, 6.45) is 0.922. The molecule has 1 amide bonds. The number of nitrogens with two attached hydrogens (primary N) is 1. The summed E-state index contributed by atoms with van der Waals surface area (Å²) in [5.41, 5.74) is 7.14. The molecular weight excluding hydrogens is 232 g/mol. The van der Waals surface area contributed by atoms with Crippen LogP contribution in [0.1, 0.15) is 35.6 Å². The Morgan fingerprint density at radius 3 is 2.65 bits per heavy atom. The van der Waals surface area contributed by atoms with Gasteiger partial charge in [-0.15, -0.1) is 11.3 Å². The Morgan fingerprint density at radius 1 is 1.53 bits per heavy atom. The van der Waals surface area contributed by atoms with Crippen molar-refractivity contribution in [1.82, 2.24) is 5.32 Å². The van der Waals surface area contributed by atoms with E-state index in [1.165, 1.54) is 15.3 Å². The van der Waals surface area contributed by atoms with Gasteiger partial charge in [-0.05, 0) is 31.4 Å². The van der Waals surface area contributed by atoms with E-state index in [0.717, 1.165) is 6.42 Å². The van der Waals surface area contributed by atoms with E-state index in [0.29, 0.717) is 6.54 Å². The summed E-state index contributed by atoms with van der Waals surface area (Å²) >= 11 is 1.73. The smallest absolute Gasteiger partial charge is 0.237 e. The normalized spacial score (nSPS) is 14.4. The third-order valence-electron chi connectivity index (χ3n) is 3.21. The van der Waals surface area contributed by atoms with E-state index in [2.05, 4.69) is 25.2 Å². The Kier molecular flexibility index (Phi) is 5.15. The molecule has 1 heterocycles. The van der Waals surface area contributed by atoms with E-state index < -0.39 is 6.04 Å². The average molecular weight is 254 g/mol. The summed E-state index contributed by atoms with van der Waals surface area (Å²) in [7, 11) is 0. The van der Waals surface area contributed by atoms with Gasteiger partial charge in [-0.3, -0.25) is 4.79 Å². The Hall–Kier alpha value is -0.870. The van der Waals surface area contributed by atoms with Gasteiger partial charge >= 0.3 is 0 Å². The lowest BCUT2D eigenvalue weighted by atomic mass is 9.99. The summed E-state index contributed by atoms with van der Waals surface area (Å²) in [4.78, 5) is 14.3. The van der Waals surface area contributed by atoms with Crippen LogP contribution < -0.4 is 11.1 Å². The SMILES string of the molecule is CC[C@H](C)[C@H](N)C(=O)NCc1cc(C)c(C)s1. The Balaban J connectivity index is 2.48. The Morgan fingerprint density at radius 2 is 2.18 bits per heavy atom. The van der Waals surface area contributed by atoms with Crippen LogP contribution in [0.25, 0.3) is 0 Å². The highest BCUT2D eigenvalue weighted by Gasteiger charge is 2.18. The molecule has 3 N–H and O–H groups in total. The number of thiophene rings is 1.